The van der Waals surface area contributed by atoms with Gasteiger partial charge in [0.1, 0.15) is 11.4 Å². The molecule has 0 radical (unpaired) electrons. The molecule has 152 valence electrons. The van der Waals surface area contributed by atoms with Crippen LogP contribution in [0.4, 0.5) is 18.9 Å². The molecule has 0 saturated carbocycles. The normalized spacial score (nSPS) is 11.4. The zero-order chi connectivity index (χ0) is 21.1. The van der Waals surface area contributed by atoms with Crippen LogP contribution in [0.25, 0.3) is 16.9 Å². The van der Waals surface area contributed by atoms with E-state index in [1.165, 1.54) is 35.2 Å². The van der Waals surface area contributed by atoms with E-state index >= 15 is 0 Å². The SMILES string of the molecule is O=C(Nc1cnccc1OCC(F)(F)F)c1ccnn2cc(-c3ccccc3)nc12. The zero-order valence-corrected chi connectivity index (χ0v) is 15.3. The first-order chi connectivity index (χ1) is 14.4. The quantitative estimate of drug-likeness (QED) is 0.535. The van der Waals surface area contributed by atoms with Gasteiger partial charge in [-0.05, 0) is 6.07 Å². The Morgan fingerprint density at radius 2 is 1.90 bits per heavy atom. The summed E-state index contributed by atoms with van der Waals surface area (Å²) in [5.74, 6) is -0.730. The highest BCUT2D eigenvalue weighted by Gasteiger charge is 2.29. The third-order valence-corrected chi connectivity index (χ3v) is 4.10. The molecule has 0 spiro atoms. The Morgan fingerprint density at radius 1 is 1.10 bits per heavy atom. The predicted molar refractivity (Wildman–Crippen MR) is 102 cm³/mol. The molecule has 3 aromatic heterocycles. The number of ether oxygens (including phenoxy) is 1. The Hall–Kier alpha value is -3.95. The summed E-state index contributed by atoms with van der Waals surface area (Å²) in [6.07, 6.45) is 1.09. The lowest BCUT2D eigenvalue weighted by Gasteiger charge is -2.13. The van der Waals surface area contributed by atoms with Crippen molar-refractivity contribution in [2.45, 2.75) is 6.18 Å². The fourth-order valence-electron chi connectivity index (χ4n) is 2.77. The maximum Gasteiger partial charge on any atom is 0.422 e. The van der Waals surface area contributed by atoms with E-state index in [4.69, 9.17) is 4.74 Å². The molecule has 3 heterocycles. The van der Waals surface area contributed by atoms with E-state index in [0.29, 0.717) is 11.3 Å². The molecule has 0 aliphatic carbocycles. The first-order valence-electron chi connectivity index (χ1n) is 8.75. The zero-order valence-electron chi connectivity index (χ0n) is 15.3. The third-order valence-electron chi connectivity index (χ3n) is 4.10. The van der Waals surface area contributed by atoms with Gasteiger partial charge in [0.2, 0.25) is 0 Å². The van der Waals surface area contributed by atoms with Gasteiger partial charge in [-0.3, -0.25) is 9.78 Å². The number of imidazole rings is 1. The molecule has 0 aliphatic heterocycles. The van der Waals surface area contributed by atoms with E-state index in [1.54, 1.807) is 6.20 Å². The number of benzene rings is 1. The van der Waals surface area contributed by atoms with E-state index < -0.39 is 18.7 Å². The van der Waals surface area contributed by atoms with Gasteiger partial charge in [-0.15, -0.1) is 0 Å². The highest BCUT2D eigenvalue weighted by atomic mass is 19.4. The number of carbonyl (C=O) groups excluding carboxylic acids is 1. The molecule has 30 heavy (non-hydrogen) atoms. The molecule has 7 nitrogen and oxygen atoms in total. The van der Waals surface area contributed by atoms with Crippen LogP contribution in [0.5, 0.6) is 5.75 Å². The van der Waals surface area contributed by atoms with Crippen molar-refractivity contribution >= 4 is 17.2 Å². The van der Waals surface area contributed by atoms with E-state index in [-0.39, 0.29) is 17.0 Å². The summed E-state index contributed by atoms with van der Waals surface area (Å²) in [5, 5.41) is 6.69. The lowest BCUT2D eigenvalue weighted by atomic mass is 10.2. The van der Waals surface area contributed by atoms with E-state index in [2.05, 4.69) is 20.4 Å². The Labute approximate surface area is 168 Å². The van der Waals surface area contributed by atoms with Gasteiger partial charge >= 0.3 is 6.18 Å². The average Bonchev–Trinajstić information content (AvgIpc) is 3.17. The molecule has 0 atom stereocenters. The van der Waals surface area contributed by atoms with E-state index in [1.807, 2.05) is 30.3 Å². The molecule has 10 heteroatoms. The van der Waals surface area contributed by atoms with Crippen molar-refractivity contribution in [3.63, 3.8) is 0 Å². The summed E-state index contributed by atoms with van der Waals surface area (Å²) in [4.78, 5) is 21.1. The number of amides is 1. The van der Waals surface area contributed by atoms with E-state index in [0.717, 1.165) is 5.56 Å². The van der Waals surface area contributed by atoms with Crippen LogP contribution in [0.3, 0.4) is 0 Å². The topological polar surface area (TPSA) is 81.4 Å². The van der Waals surface area contributed by atoms with Crippen molar-refractivity contribution in [3.05, 3.63) is 72.8 Å². The van der Waals surface area contributed by atoms with Crippen LogP contribution in [-0.2, 0) is 0 Å². The Balaban J connectivity index is 1.63. The van der Waals surface area contributed by atoms with Gasteiger partial charge in [-0.1, -0.05) is 30.3 Å². The third kappa shape index (κ3) is 4.22. The Morgan fingerprint density at radius 3 is 2.67 bits per heavy atom. The van der Waals surface area contributed by atoms with Crippen molar-refractivity contribution in [1.82, 2.24) is 19.6 Å². The highest BCUT2D eigenvalue weighted by Crippen LogP contribution is 2.26. The molecular weight excluding hydrogens is 399 g/mol. The molecule has 1 amide bonds. The molecule has 4 rings (SSSR count). The summed E-state index contributed by atoms with van der Waals surface area (Å²) in [6, 6.07) is 12.1. The maximum absolute atomic E-state index is 12.8. The van der Waals surface area contributed by atoms with Crippen molar-refractivity contribution in [1.29, 1.82) is 0 Å². The Kier molecular flexibility index (Phi) is 5.05. The summed E-state index contributed by atoms with van der Waals surface area (Å²) >= 11 is 0. The van der Waals surface area contributed by atoms with Crippen molar-refractivity contribution in [2.75, 3.05) is 11.9 Å². The molecule has 4 aromatic rings. The van der Waals surface area contributed by atoms with Crippen LogP contribution in [0, 0.1) is 0 Å². The number of rotatable bonds is 5. The van der Waals surface area contributed by atoms with Crippen LogP contribution in [-0.4, -0.2) is 38.3 Å². The smallest absolute Gasteiger partial charge is 0.422 e. The lowest BCUT2D eigenvalue weighted by molar-refractivity contribution is -0.153. The molecule has 0 bridgehead atoms. The van der Waals surface area contributed by atoms with Gasteiger partial charge in [0.05, 0.1) is 23.7 Å². The summed E-state index contributed by atoms with van der Waals surface area (Å²) in [6.45, 7) is -1.49. The monoisotopic (exact) mass is 413 g/mol. The number of hydrogen-bond donors (Lipinski definition) is 1. The number of carbonyl (C=O) groups is 1. The van der Waals surface area contributed by atoms with Gasteiger partial charge in [0.15, 0.2) is 12.3 Å². The number of alkyl halides is 3. The number of hydrogen-bond acceptors (Lipinski definition) is 5. The molecular formula is C20H14F3N5O2. The molecule has 1 N–H and O–H groups in total. The average molecular weight is 413 g/mol. The van der Waals surface area contributed by atoms with Crippen molar-refractivity contribution in [3.8, 4) is 17.0 Å². The molecule has 0 unspecified atom stereocenters. The number of halogens is 3. The standard InChI is InChI=1S/C20H14F3N5O2/c21-20(22,23)12-30-17-7-8-24-10-15(17)27-19(29)14-6-9-25-28-11-16(26-18(14)28)13-4-2-1-3-5-13/h1-11H,12H2,(H,27,29). The van der Waals surface area contributed by atoms with Gasteiger partial charge in [-0.2, -0.15) is 18.3 Å². The van der Waals surface area contributed by atoms with Crippen LogP contribution in [0.2, 0.25) is 0 Å². The second-order valence-electron chi connectivity index (χ2n) is 6.24. The predicted octanol–water partition coefficient (Wildman–Crippen LogP) is 3.98. The van der Waals surface area contributed by atoms with Crippen molar-refractivity contribution < 1.29 is 22.7 Å². The van der Waals surface area contributed by atoms with Crippen molar-refractivity contribution in [2.24, 2.45) is 0 Å². The molecule has 0 aliphatic rings. The minimum Gasteiger partial charge on any atom is -0.482 e. The first-order valence-corrected chi connectivity index (χ1v) is 8.75. The fraction of sp³-hybridized carbons (Fsp3) is 0.100. The Bertz CT molecular complexity index is 1190. The number of anilines is 1. The minimum absolute atomic E-state index is 0.0107. The molecule has 1 aromatic carbocycles. The lowest BCUT2D eigenvalue weighted by Crippen LogP contribution is -2.20. The van der Waals surface area contributed by atoms with Gasteiger partial charge < -0.3 is 10.1 Å². The molecule has 0 fully saturated rings. The second kappa shape index (κ2) is 7.82. The van der Waals surface area contributed by atoms with Crippen LogP contribution in [0.15, 0.2) is 67.3 Å². The minimum atomic E-state index is -4.51. The highest BCUT2D eigenvalue weighted by molar-refractivity contribution is 6.08. The first kappa shape index (κ1) is 19.4. The number of nitrogens with zero attached hydrogens (tertiary/aromatic N) is 4. The number of fused-ring (bicyclic) bond motifs is 1. The fourth-order valence-corrected chi connectivity index (χ4v) is 2.77. The van der Waals surface area contributed by atoms with Gasteiger partial charge in [-0.25, -0.2) is 9.50 Å². The van der Waals surface area contributed by atoms with Crippen LogP contribution >= 0.6 is 0 Å². The molecule has 0 saturated heterocycles. The number of nitrogens with one attached hydrogen (secondary N) is 1. The summed E-state index contributed by atoms with van der Waals surface area (Å²) < 4.78 is 43.6. The van der Waals surface area contributed by atoms with Crippen LogP contribution in [0.1, 0.15) is 10.4 Å². The maximum atomic E-state index is 12.8. The van der Waals surface area contributed by atoms with Gasteiger partial charge in [0, 0.05) is 24.0 Å². The van der Waals surface area contributed by atoms with Crippen LogP contribution < -0.4 is 10.1 Å². The van der Waals surface area contributed by atoms with Gasteiger partial charge in [0.25, 0.3) is 5.91 Å². The summed E-state index contributed by atoms with van der Waals surface area (Å²) in [5.41, 5.74) is 1.98. The second-order valence-corrected chi connectivity index (χ2v) is 6.24. The largest absolute Gasteiger partial charge is 0.482 e. The number of pyridine rings is 1. The summed E-state index contributed by atoms with van der Waals surface area (Å²) in [7, 11) is 0. The number of aromatic nitrogens is 4. The van der Waals surface area contributed by atoms with E-state index in [9.17, 15) is 18.0 Å².